The van der Waals surface area contributed by atoms with E-state index in [4.69, 9.17) is 4.42 Å². The van der Waals surface area contributed by atoms with Crippen molar-refractivity contribution in [2.75, 3.05) is 38.6 Å². The first-order valence-electron chi connectivity index (χ1n) is 8.48. The molecule has 2 heterocycles. The van der Waals surface area contributed by atoms with Crippen LogP contribution in [0.5, 0.6) is 0 Å². The Morgan fingerprint density at radius 1 is 1.21 bits per heavy atom. The Morgan fingerprint density at radius 3 is 2.50 bits per heavy atom. The van der Waals surface area contributed by atoms with Crippen LogP contribution in [0.25, 0.3) is 0 Å². The van der Waals surface area contributed by atoms with Crippen LogP contribution in [0.2, 0.25) is 0 Å². The third kappa shape index (κ3) is 3.79. The molecular formula is C19H25N3O2. The molecule has 5 nitrogen and oxygen atoms in total. The molecule has 1 aliphatic heterocycles. The van der Waals surface area contributed by atoms with Crippen LogP contribution in [0.3, 0.4) is 0 Å². The van der Waals surface area contributed by atoms with Gasteiger partial charge in [-0.1, -0.05) is 12.1 Å². The molecule has 0 spiro atoms. The summed E-state index contributed by atoms with van der Waals surface area (Å²) < 4.78 is 5.17. The van der Waals surface area contributed by atoms with Gasteiger partial charge < -0.3 is 14.6 Å². The monoisotopic (exact) mass is 327 g/mol. The predicted octanol–water partition coefficient (Wildman–Crippen LogP) is 2.91. The maximum absolute atomic E-state index is 12.2. The zero-order chi connectivity index (χ0) is 16.9. The van der Waals surface area contributed by atoms with E-state index in [1.54, 1.807) is 12.1 Å². The van der Waals surface area contributed by atoms with Crippen molar-refractivity contribution in [2.24, 2.45) is 0 Å². The molecule has 0 saturated carbocycles. The Labute approximate surface area is 143 Å². The maximum atomic E-state index is 12.2. The van der Waals surface area contributed by atoms with Crippen LogP contribution in [0, 0.1) is 0 Å². The summed E-state index contributed by atoms with van der Waals surface area (Å²) in [6.07, 6.45) is 3.96. The molecule has 3 rings (SSSR count). The normalized spacial score (nSPS) is 16.1. The number of carbonyl (C=O) groups excluding carboxylic acids is 1. The van der Waals surface area contributed by atoms with Gasteiger partial charge in [-0.2, -0.15) is 0 Å². The zero-order valence-electron chi connectivity index (χ0n) is 14.4. The summed E-state index contributed by atoms with van der Waals surface area (Å²) >= 11 is 0. The van der Waals surface area contributed by atoms with E-state index in [1.165, 1.54) is 30.4 Å². The number of likely N-dealkylation sites (tertiary alicyclic amines) is 1. The Morgan fingerprint density at radius 2 is 1.92 bits per heavy atom. The van der Waals surface area contributed by atoms with Gasteiger partial charge in [0.15, 0.2) is 5.76 Å². The Balaban J connectivity index is 1.72. The predicted molar refractivity (Wildman–Crippen MR) is 95.4 cm³/mol. The van der Waals surface area contributed by atoms with Crippen molar-refractivity contribution in [1.82, 2.24) is 10.2 Å². The molecule has 1 saturated heterocycles. The first-order valence-corrected chi connectivity index (χ1v) is 8.48. The van der Waals surface area contributed by atoms with Crippen LogP contribution in [0.15, 0.2) is 47.1 Å². The number of furan rings is 1. The van der Waals surface area contributed by atoms with E-state index in [1.807, 2.05) is 14.1 Å². The van der Waals surface area contributed by atoms with Gasteiger partial charge in [-0.05, 0) is 55.8 Å². The molecule has 0 radical (unpaired) electrons. The highest BCUT2D eigenvalue weighted by Gasteiger charge is 2.24. The lowest BCUT2D eigenvalue weighted by Gasteiger charge is -2.28. The van der Waals surface area contributed by atoms with Gasteiger partial charge in [0.1, 0.15) is 0 Å². The van der Waals surface area contributed by atoms with Crippen molar-refractivity contribution in [3.63, 3.8) is 0 Å². The molecule has 128 valence electrons. The SMILES string of the molecule is CN(C)c1ccc([C@H](CNC(=O)c2ccco2)N2CCCC2)cc1. The van der Waals surface area contributed by atoms with E-state index in [9.17, 15) is 4.79 Å². The zero-order valence-corrected chi connectivity index (χ0v) is 14.4. The van der Waals surface area contributed by atoms with Gasteiger partial charge in [0.25, 0.3) is 5.91 Å². The highest BCUT2D eigenvalue weighted by atomic mass is 16.3. The minimum Gasteiger partial charge on any atom is -0.459 e. The number of rotatable bonds is 6. The largest absolute Gasteiger partial charge is 0.459 e. The van der Waals surface area contributed by atoms with E-state index in [2.05, 4.69) is 39.4 Å². The van der Waals surface area contributed by atoms with Crippen molar-refractivity contribution in [2.45, 2.75) is 18.9 Å². The van der Waals surface area contributed by atoms with Gasteiger partial charge in [-0.25, -0.2) is 0 Å². The second kappa shape index (κ2) is 7.53. The highest BCUT2D eigenvalue weighted by Crippen LogP contribution is 2.26. The van der Waals surface area contributed by atoms with Crippen LogP contribution in [0.1, 0.15) is 35.0 Å². The second-order valence-electron chi connectivity index (χ2n) is 6.43. The summed E-state index contributed by atoms with van der Waals surface area (Å²) in [5, 5.41) is 3.01. The Bertz CT molecular complexity index is 644. The lowest BCUT2D eigenvalue weighted by molar-refractivity contribution is 0.0910. The fourth-order valence-corrected chi connectivity index (χ4v) is 3.19. The summed E-state index contributed by atoms with van der Waals surface area (Å²) in [7, 11) is 4.08. The van der Waals surface area contributed by atoms with Crippen molar-refractivity contribution in [3.8, 4) is 0 Å². The van der Waals surface area contributed by atoms with E-state index in [0.29, 0.717) is 12.3 Å². The molecule has 2 aromatic rings. The first kappa shape index (κ1) is 16.6. The Hall–Kier alpha value is -2.27. The molecule has 1 N–H and O–H groups in total. The van der Waals surface area contributed by atoms with Crippen molar-refractivity contribution >= 4 is 11.6 Å². The number of carbonyl (C=O) groups is 1. The van der Waals surface area contributed by atoms with Gasteiger partial charge in [-0.15, -0.1) is 0 Å². The fraction of sp³-hybridized carbons (Fsp3) is 0.421. The lowest BCUT2D eigenvalue weighted by Crippen LogP contribution is -2.36. The third-order valence-corrected chi connectivity index (χ3v) is 4.58. The highest BCUT2D eigenvalue weighted by molar-refractivity contribution is 5.91. The first-order chi connectivity index (χ1) is 11.6. The Kier molecular flexibility index (Phi) is 5.20. The molecule has 0 bridgehead atoms. The molecule has 24 heavy (non-hydrogen) atoms. The van der Waals surface area contributed by atoms with Gasteiger partial charge in [0.2, 0.25) is 0 Å². The van der Waals surface area contributed by atoms with Gasteiger partial charge in [-0.3, -0.25) is 9.69 Å². The topological polar surface area (TPSA) is 48.7 Å². The minimum atomic E-state index is -0.158. The number of amides is 1. The third-order valence-electron chi connectivity index (χ3n) is 4.58. The van der Waals surface area contributed by atoms with E-state index < -0.39 is 0 Å². The van der Waals surface area contributed by atoms with Gasteiger partial charge >= 0.3 is 0 Å². The molecule has 1 amide bonds. The number of nitrogens with zero attached hydrogens (tertiary/aromatic N) is 2. The summed E-state index contributed by atoms with van der Waals surface area (Å²) in [5.74, 6) is 0.201. The molecule has 0 unspecified atom stereocenters. The van der Waals surface area contributed by atoms with Gasteiger partial charge in [0.05, 0.1) is 12.3 Å². The molecule has 1 aromatic carbocycles. The molecule has 1 aliphatic rings. The standard InChI is InChI=1S/C19H25N3O2/c1-21(2)16-9-7-15(8-10-16)17(22-11-3-4-12-22)14-20-19(23)18-6-5-13-24-18/h5-10,13,17H,3-4,11-12,14H2,1-2H3,(H,20,23)/t17-/m0/s1. The average molecular weight is 327 g/mol. The number of anilines is 1. The van der Waals surface area contributed by atoms with Crippen LogP contribution in [-0.4, -0.2) is 44.5 Å². The average Bonchev–Trinajstić information content (AvgIpc) is 3.29. The smallest absolute Gasteiger partial charge is 0.287 e. The van der Waals surface area contributed by atoms with Crippen LogP contribution in [-0.2, 0) is 0 Å². The summed E-state index contributed by atoms with van der Waals surface area (Å²) in [6, 6.07) is 12.2. The number of hydrogen-bond acceptors (Lipinski definition) is 4. The molecule has 5 heteroatoms. The molecule has 1 aromatic heterocycles. The summed E-state index contributed by atoms with van der Waals surface area (Å²) in [5.41, 5.74) is 2.42. The lowest BCUT2D eigenvalue weighted by atomic mass is 10.0. The number of hydrogen-bond donors (Lipinski definition) is 1. The molecular weight excluding hydrogens is 302 g/mol. The minimum absolute atomic E-state index is 0.158. The van der Waals surface area contributed by atoms with E-state index >= 15 is 0 Å². The van der Waals surface area contributed by atoms with Crippen LogP contribution in [0.4, 0.5) is 5.69 Å². The second-order valence-corrected chi connectivity index (χ2v) is 6.43. The van der Waals surface area contributed by atoms with E-state index in [-0.39, 0.29) is 11.9 Å². The maximum Gasteiger partial charge on any atom is 0.287 e. The summed E-state index contributed by atoms with van der Waals surface area (Å²) in [4.78, 5) is 16.7. The van der Waals surface area contributed by atoms with Crippen molar-refractivity contribution in [1.29, 1.82) is 0 Å². The van der Waals surface area contributed by atoms with Crippen LogP contribution < -0.4 is 10.2 Å². The van der Waals surface area contributed by atoms with E-state index in [0.717, 1.165) is 13.1 Å². The fourth-order valence-electron chi connectivity index (χ4n) is 3.19. The van der Waals surface area contributed by atoms with Crippen LogP contribution >= 0.6 is 0 Å². The quantitative estimate of drug-likeness (QED) is 0.886. The molecule has 0 aliphatic carbocycles. The number of nitrogens with one attached hydrogen (secondary N) is 1. The van der Waals surface area contributed by atoms with Crippen molar-refractivity contribution in [3.05, 3.63) is 54.0 Å². The van der Waals surface area contributed by atoms with Crippen molar-refractivity contribution < 1.29 is 9.21 Å². The number of benzene rings is 1. The summed E-state index contributed by atoms with van der Waals surface area (Å²) in [6.45, 7) is 2.74. The molecule has 1 fully saturated rings. The molecule has 1 atom stereocenters. The van der Waals surface area contributed by atoms with Gasteiger partial charge in [0, 0.05) is 26.3 Å².